The molecule has 0 unspecified atom stereocenters. The first-order chi connectivity index (χ1) is 34.8. The number of fused-ring (bicyclic) bond motifs is 1. The standard InChI is InChI=1S/C47H70N10O16/c58-38(26-54-15-17-55(27-40(61)62)19-21-57(29-42(65)66)22-20-56(18-16-54)28-41(63)64)50-24-30-8-10-31(11-9-30)43(67)51-37(23-32-25-49-34-6-2-1-5-33(32)34)44(68)48-14-4-3-7-35(45(69)70)52-47(73)53-36(46(71)72)12-13-39(59)60/h1-2,5-6,25,30-31,35-37,49H,3-4,7-24,26-29H2,(H,48,68)(H,50,58)(H,51,67)(H,59,60)(H,61,62)(H,63,64)(H,65,66)(H,69,70)(H,71,72)(H2,52,53,73)/t30?,31?,35-,36-,37-/m0/s1. The van der Waals surface area contributed by atoms with Crippen LogP contribution in [0.25, 0.3) is 10.9 Å². The molecule has 1 aliphatic heterocycles. The number of carboxylic acid groups (broad SMARTS) is 6. The largest absolute Gasteiger partial charge is 0.481 e. The second-order valence-corrected chi connectivity index (χ2v) is 18.6. The summed E-state index contributed by atoms with van der Waals surface area (Å²) >= 11 is 0. The van der Waals surface area contributed by atoms with Crippen LogP contribution in [0.2, 0.25) is 0 Å². The summed E-state index contributed by atoms with van der Waals surface area (Å²) in [4.78, 5) is 132. The molecule has 12 N–H and O–H groups in total. The van der Waals surface area contributed by atoms with Gasteiger partial charge in [-0.15, -0.1) is 0 Å². The van der Waals surface area contributed by atoms with Crippen molar-refractivity contribution in [1.29, 1.82) is 0 Å². The number of carbonyl (C=O) groups is 10. The molecule has 1 saturated carbocycles. The molecule has 26 heteroatoms. The molecule has 0 spiro atoms. The zero-order valence-electron chi connectivity index (χ0n) is 40.8. The van der Waals surface area contributed by atoms with Crippen molar-refractivity contribution in [2.75, 3.05) is 91.6 Å². The van der Waals surface area contributed by atoms with Crippen LogP contribution in [-0.4, -0.2) is 225 Å². The van der Waals surface area contributed by atoms with Crippen molar-refractivity contribution in [2.24, 2.45) is 11.8 Å². The number of H-pyrrole nitrogens is 1. The molecule has 26 nitrogen and oxygen atoms in total. The molecule has 3 atom stereocenters. The summed E-state index contributed by atoms with van der Waals surface area (Å²) in [5.41, 5.74) is 1.64. The minimum Gasteiger partial charge on any atom is -0.481 e. The number of nitrogens with one attached hydrogen (secondary N) is 6. The van der Waals surface area contributed by atoms with Crippen LogP contribution in [-0.2, 0) is 49.6 Å². The van der Waals surface area contributed by atoms with Crippen molar-refractivity contribution in [3.63, 3.8) is 0 Å². The molecule has 2 fully saturated rings. The number of carboxylic acids is 6. The fraction of sp³-hybridized carbons (Fsp3) is 0.617. The first-order valence-corrected chi connectivity index (χ1v) is 24.4. The van der Waals surface area contributed by atoms with Gasteiger partial charge in [-0.3, -0.25) is 53.2 Å². The maximum Gasteiger partial charge on any atom is 0.326 e. The fourth-order valence-corrected chi connectivity index (χ4v) is 8.90. The number of carbonyl (C=O) groups excluding carboxylic acids is 4. The van der Waals surface area contributed by atoms with Gasteiger partial charge in [-0.2, -0.15) is 0 Å². The monoisotopic (exact) mass is 1030 g/mol. The number of nitrogens with zero attached hydrogens (tertiary/aromatic N) is 4. The van der Waals surface area contributed by atoms with E-state index in [1.807, 2.05) is 29.2 Å². The Kier molecular flexibility index (Phi) is 24.3. The molecule has 1 aromatic carbocycles. The van der Waals surface area contributed by atoms with Crippen molar-refractivity contribution < 1.29 is 78.6 Å². The normalized spacial score (nSPS) is 18.9. The van der Waals surface area contributed by atoms with Crippen LogP contribution in [0.5, 0.6) is 0 Å². The van der Waals surface area contributed by atoms with E-state index in [4.69, 9.17) is 5.11 Å². The lowest BCUT2D eigenvalue weighted by Crippen LogP contribution is -2.51. The number of para-hydroxylation sites is 1. The maximum atomic E-state index is 13.8. The van der Waals surface area contributed by atoms with Crippen LogP contribution in [0.3, 0.4) is 0 Å². The number of aliphatic carboxylic acids is 6. The van der Waals surface area contributed by atoms with Gasteiger partial charge >= 0.3 is 41.8 Å². The molecule has 2 aromatic rings. The molecular weight excluding hydrogens is 961 g/mol. The number of hydrogen-bond acceptors (Lipinski definition) is 14. The van der Waals surface area contributed by atoms with Crippen LogP contribution in [0, 0.1) is 11.8 Å². The number of aromatic amines is 1. The number of urea groups is 1. The molecule has 2 aliphatic rings. The molecule has 4 rings (SSSR count). The van der Waals surface area contributed by atoms with Crippen LogP contribution in [0.1, 0.15) is 63.4 Å². The summed E-state index contributed by atoms with van der Waals surface area (Å²) in [5, 5.41) is 70.2. The van der Waals surface area contributed by atoms with Gasteiger partial charge in [0.05, 0.1) is 26.2 Å². The van der Waals surface area contributed by atoms with E-state index in [2.05, 4.69) is 31.6 Å². The minimum absolute atomic E-state index is 0.0290. The van der Waals surface area contributed by atoms with Gasteiger partial charge < -0.3 is 62.2 Å². The number of amides is 5. The van der Waals surface area contributed by atoms with Gasteiger partial charge in [0.1, 0.15) is 18.1 Å². The predicted octanol–water partition coefficient (Wildman–Crippen LogP) is -1.05. The smallest absolute Gasteiger partial charge is 0.326 e. The van der Waals surface area contributed by atoms with E-state index in [-0.39, 0.29) is 115 Å². The van der Waals surface area contributed by atoms with E-state index in [0.717, 1.165) is 16.5 Å². The van der Waals surface area contributed by atoms with E-state index >= 15 is 0 Å². The van der Waals surface area contributed by atoms with E-state index in [1.54, 1.807) is 20.9 Å². The third kappa shape index (κ3) is 21.8. The zero-order valence-corrected chi connectivity index (χ0v) is 40.8. The summed E-state index contributed by atoms with van der Waals surface area (Å²) in [6, 6.07) is 2.47. The highest BCUT2D eigenvalue weighted by Crippen LogP contribution is 2.29. The zero-order chi connectivity index (χ0) is 53.5. The van der Waals surface area contributed by atoms with Gasteiger partial charge in [0.2, 0.25) is 17.7 Å². The van der Waals surface area contributed by atoms with Crippen molar-refractivity contribution in [2.45, 2.75) is 82.3 Å². The first kappa shape index (κ1) is 58.7. The molecule has 1 saturated heterocycles. The Morgan fingerprint density at radius 2 is 1.08 bits per heavy atom. The average molecular weight is 1030 g/mol. The number of hydrogen-bond donors (Lipinski definition) is 12. The second kappa shape index (κ2) is 30.2. The molecule has 1 aromatic heterocycles. The fourth-order valence-electron chi connectivity index (χ4n) is 8.90. The first-order valence-electron chi connectivity index (χ1n) is 24.4. The minimum atomic E-state index is -1.55. The van der Waals surface area contributed by atoms with Crippen molar-refractivity contribution in [1.82, 2.24) is 51.2 Å². The van der Waals surface area contributed by atoms with Gasteiger partial charge in [0.15, 0.2) is 0 Å². The van der Waals surface area contributed by atoms with E-state index in [0.29, 0.717) is 45.3 Å². The van der Waals surface area contributed by atoms with Crippen molar-refractivity contribution in [3.05, 3.63) is 36.0 Å². The highest BCUT2D eigenvalue weighted by molar-refractivity contribution is 5.90. The number of unbranched alkanes of at least 4 members (excludes halogenated alkanes) is 1. The van der Waals surface area contributed by atoms with Gasteiger partial charge in [-0.25, -0.2) is 14.4 Å². The van der Waals surface area contributed by atoms with Crippen LogP contribution in [0.15, 0.2) is 30.5 Å². The summed E-state index contributed by atoms with van der Waals surface area (Å²) in [5.74, 6) is -8.68. The van der Waals surface area contributed by atoms with Crippen LogP contribution in [0.4, 0.5) is 4.79 Å². The lowest BCUT2D eigenvalue weighted by atomic mass is 9.81. The summed E-state index contributed by atoms with van der Waals surface area (Å²) in [7, 11) is 0. The van der Waals surface area contributed by atoms with Crippen molar-refractivity contribution in [3.8, 4) is 0 Å². The van der Waals surface area contributed by atoms with E-state index in [1.165, 1.54) is 0 Å². The van der Waals surface area contributed by atoms with Crippen LogP contribution < -0.4 is 26.6 Å². The Hall–Kier alpha value is -6.90. The third-order valence-electron chi connectivity index (χ3n) is 13.0. The van der Waals surface area contributed by atoms with E-state index < -0.39 is 84.6 Å². The SMILES string of the molecule is O=C(O)CC[C@H](NC(=O)N[C@@H](CCCCNC(=O)[C@H](Cc1c[nH]c2ccccc12)NC(=O)C1CCC(CNC(=O)CN2CCN(CC(=O)O)CCN(CC(=O)O)CCN(CC(=O)O)CC2)CC1)C(=O)O)C(=O)O. The summed E-state index contributed by atoms with van der Waals surface area (Å²) < 4.78 is 0. The third-order valence-corrected chi connectivity index (χ3v) is 13.0. The number of benzene rings is 1. The van der Waals surface area contributed by atoms with E-state index in [9.17, 15) is 73.5 Å². The molecule has 0 radical (unpaired) electrons. The lowest BCUT2D eigenvalue weighted by Gasteiger charge is -2.33. The predicted molar refractivity (Wildman–Crippen MR) is 259 cm³/mol. The Balaban J connectivity index is 1.29. The summed E-state index contributed by atoms with van der Waals surface area (Å²) in [6.45, 7) is 1.72. The lowest BCUT2D eigenvalue weighted by molar-refractivity contribution is -0.141. The second-order valence-electron chi connectivity index (χ2n) is 18.6. The summed E-state index contributed by atoms with van der Waals surface area (Å²) in [6.07, 6.45) is 3.66. The molecule has 73 heavy (non-hydrogen) atoms. The maximum absolute atomic E-state index is 13.8. The van der Waals surface area contributed by atoms with Gasteiger partial charge in [-0.05, 0) is 68.9 Å². The highest BCUT2D eigenvalue weighted by Gasteiger charge is 2.31. The molecular formula is C47H70N10O16. The molecule has 404 valence electrons. The average Bonchev–Trinajstić information content (AvgIpc) is 3.74. The number of rotatable bonds is 27. The van der Waals surface area contributed by atoms with Crippen LogP contribution >= 0.6 is 0 Å². The Morgan fingerprint density at radius 1 is 0.575 bits per heavy atom. The Morgan fingerprint density at radius 3 is 1.59 bits per heavy atom. The quantitative estimate of drug-likeness (QED) is 0.0475. The highest BCUT2D eigenvalue weighted by atomic mass is 16.4. The van der Waals surface area contributed by atoms with Gasteiger partial charge in [-0.1, -0.05) is 18.2 Å². The van der Waals surface area contributed by atoms with Gasteiger partial charge in [0.25, 0.3) is 0 Å². The topological polar surface area (TPSA) is 381 Å². The molecule has 5 amide bonds. The Bertz CT molecular complexity index is 2190. The molecule has 0 bridgehead atoms. The number of aromatic nitrogens is 1. The Labute approximate surface area is 421 Å². The molecule has 1 aliphatic carbocycles. The van der Waals surface area contributed by atoms with Gasteiger partial charge in [0, 0.05) is 101 Å². The van der Waals surface area contributed by atoms with Crippen molar-refractivity contribution >= 4 is 70.5 Å². The molecule has 2 heterocycles.